The highest BCUT2D eigenvalue weighted by atomic mass is 16.1. The van der Waals surface area contributed by atoms with Crippen molar-refractivity contribution in [2.45, 2.75) is 46.5 Å². The number of nitrogens with one attached hydrogen (secondary N) is 1. The first-order valence-electron chi connectivity index (χ1n) is 10.2. The number of nitrogens with zero attached hydrogens (tertiary/aromatic N) is 3. The fourth-order valence-electron chi connectivity index (χ4n) is 3.69. The van der Waals surface area contributed by atoms with Crippen LogP contribution in [0.1, 0.15) is 54.4 Å². The fraction of sp³-hybridized carbons (Fsp3) is 0.545. The average molecular weight is 369 g/mol. The van der Waals surface area contributed by atoms with Crippen molar-refractivity contribution in [1.29, 1.82) is 0 Å². The van der Waals surface area contributed by atoms with E-state index in [0.717, 1.165) is 48.9 Å². The number of benzene rings is 1. The molecule has 0 radical (unpaired) electrons. The number of likely N-dealkylation sites (tertiary alicyclic amines) is 1. The lowest BCUT2D eigenvalue weighted by Crippen LogP contribution is -2.34. The first kappa shape index (κ1) is 19.6. The Hall–Kier alpha value is -2.14. The zero-order valence-electron chi connectivity index (χ0n) is 16.9. The number of amides is 1. The molecule has 0 unspecified atom stereocenters. The van der Waals surface area contributed by atoms with E-state index in [2.05, 4.69) is 22.2 Å². The Morgan fingerprint density at radius 2 is 1.85 bits per heavy atom. The molecular weight excluding hydrogens is 336 g/mol. The molecule has 1 aliphatic heterocycles. The van der Waals surface area contributed by atoms with Gasteiger partial charge in [0, 0.05) is 17.8 Å². The van der Waals surface area contributed by atoms with Crippen molar-refractivity contribution in [2.24, 2.45) is 5.92 Å². The number of hydrogen-bond acceptors (Lipinski definition) is 3. The van der Waals surface area contributed by atoms with E-state index in [1.807, 2.05) is 48.9 Å². The van der Waals surface area contributed by atoms with Gasteiger partial charge in [-0.1, -0.05) is 6.92 Å². The van der Waals surface area contributed by atoms with Gasteiger partial charge in [0.25, 0.3) is 5.91 Å². The zero-order valence-corrected chi connectivity index (χ0v) is 16.9. The normalized spacial score (nSPS) is 15.8. The minimum Gasteiger partial charge on any atom is -0.352 e. The Labute approximate surface area is 162 Å². The molecule has 146 valence electrons. The second-order valence-electron chi connectivity index (χ2n) is 7.87. The van der Waals surface area contributed by atoms with E-state index < -0.39 is 0 Å². The molecule has 1 saturated heterocycles. The summed E-state index contributed by atoms with van der Waals surface area (Å²) >= 11 is 0. The van der Waals surface area contributed by atoms with Crippen LogP contribution < -0.4 is 5.32 Å². The van der Waals surface area contributed by atoms with Crippen LogP contribution in [0.15, 0.2) is 30.3 Å². The number of carbonyl (C=O) groups is 1. The van der Waals surface area contributed by atoms with E-state index in [0.29, 0.717) is 5.56 Å². The van der Waals surface area contributed by atoms with Crippen molar-refractivity contribution in [3.63, 3.8) is 0 Å². The predicted molar refractivity (Wildman–Crippen MR) is 109 cm³/mol. The highest BCUT2D eigenvalue weighted by Crippen LogP contribution is 2.16. The van der Waals surface area contributed by atoms with Gasteiger partial charge in [-0.3, -0.25) is 4.79 Å². The zero-order chi connectivity index (χ0) is 19.2. The van der Waals surface area contributed by atoms with Crippen molar-refractivity contribution >= 4 is 5.91 Å². The van der Waals surface area contributed by atoms with Crippen LogP contribution in [0, 0.1) is 19.8 Å². The molecule has 0 bridgehead atoms. The maximum atomic E-state index is 12.3. The van der Waals surface area contributed by atoms with Crippen LogP contribution in [0.3, 0.4) is 0 Å². The molecule has 1 N–H and O–H groups in total. The van der Waals surface area contributed by atoms with Crippen molar-refractivity contribution in [3.8, 4) is 5.69 Å². The van der Waals surface area contributed by atoms with Gasteiger partial charge in [0.1, 0.15) is 0 Å². The molecular formula is C22H32N4O. The van der Waals surface area contributed by atoms with Crippen LogP contribution in [-0.2, 0) is 0 Å². The number of piperidine rings is 1. The minimum atomic E-state index is 0.00159. The summed E-state index contributed by atoms with van der Waals surface area (Å²) < 4.78 is 1.90. The molecule has 5 heteroatoms. The van der Waals surface area contributed by atoms with E-state index in [4.69, 9.17) is 0 Å². The van der Waals surface area contributed by atoms with E-state index in [1.165, 1.54) is 25.9 Å². The SMILES string of the molecule is Cc1cc(C)n(-c2ccc(C(=O)NCCCCN3CCC(C)CC3)cc2)n1. The van der Waals surface area contributed by atoms with Gasteiger partial charge in [0.05, 0.1) is 11.4 Å². The molecule has 2 aromatic rings. The molecule has 1 amide bonds. The third-order valence-electron chi connectivity index (χ3n) is 5.45. The fourth-order valence-corrected chi connectivity index (χ4v) is 3.69. The summed E-state index contributed by atoms with van der Waals surface area (Å²) in [5.74, 6) is 0.884. The minimum absolute atomic E-state index is 0.00159. The number of aromatic nitrogens is 2. The molecule has 1 aliphatic rings. The average Bonchev–Trinajstić information content (AvgIpc) is 3.01. The number of unbranched alkanes of at least 4 members (excludes halogenated alkanes) is 1. The largest absolute Gasteiger partial charge is 0.352 e. The third kappa shape index (κ3) is 5.42. The van der Waals surface area contributed by atoms with Gasteiger partial charge in [0.2, 0.25) is 0 Å². The molecule has 1 aromatic heterocycles. The Bertz CT molecular complexity index is 742. The van der Waals surface area contributed by atoms with Crippen molar-refractivity contribution < 1.29 is 4.79 Å². The molecule has 0 spiro atoms. The van der Waals surface area contributed by atoms with E-state index in [1.54, 1.807) is 0 Å². The van der Waals surface area contributed by atoms with Gasteiger partial charge in [-0.05, 0) is 95.4 Å². The molecule has 27 heavy (non-hydrogen) atoms. The predicted octanol–water partition coefficient (Wildman–Crippen LogP) is 3.73. The highest BCUT2D eigenvalue weighted by Gasteiger charge is 2.14. The number of hydrogen-bond donors (Lipinski definition) is 1. The maximum Gasteiger partial charge on any atom is 0.251 e. The quantitative estimate of drug-likeness (QED) is 0.758. The summed E-state index contributed by atoms with van der Waals surface area (Å²) in [6, 6.07) is 9.69. The first-order valence-corrected chi connectivity index (χ1v) is 10.2. The lowest BCUT2D eigenvalue weighted by Gasteiger charge is -2.30. The Morgan fingerprint density at radius 1 is 1.15 bits per heavy atom. The second kappa shape index (κ2) is 9.18. The summed E-state index contributed by atoms with van der Waals surface area (Å²) in [5, 5.41) is 7.52. The van der Waals surface area contributed by atoms with Gasteiger partial charge in [-0.15, -0.1) is 0 Å². The molecule has 5 nitrogen and oxygen atoms in total. The lowest BCUT2D eigenvalue weighted by atomic mass is 9.99. The monoisotopic (exact) mass is 368 g/mol. The molecule has 2 heterocycles. The molecule has 0 aliphatic carbocycles. The lowest BCUT2D eigenvalue weighted by molar-refractivity contribution is 0.0952. The van der Waals surface area contributed by atoms with E-state index in [9.17, 15) is 4.79 Å². The molecule has 1 aromatic carbocycles. The molecule has 3 rings (SSSR count). The Kier molecular flexibility index (Phi) is 6.67. The van der Waals surface area contributed by atoms with Crippen LogP contribution in [0.25, 0.3) is 5.69 Å². The highest BCUT2D eigenvalue weighted by molar-refractivity contribution is 5.94. The van der Waals surface area contributed by atoms with Crippen LogP contribution in [0.2, 0.25) is 0 Å². The van der Waals surface area contributed by atoms with Gasteiger partial charge in [-0.2, -0.15) is 5.10 Å². The second-order valence-corrected chi connectivity index (χ2v) is 7.87. The van der Waals surface area contributed by atoms with Gasteiger partial charge in [0.15, 0.2) is 0 Å². The topological polar surface area (TPSA) is 50.2 Å². The summed E-state index contributed by atoms with van der Waals surface area (Å²) in [6.45, 7) is 10.7. The van der Waals surface area contributed by atoms with Crippen molar-refractivity contribution in [1.82, 2.24) is 20.0 Å². The van der Waals surface area contributed by atoms with Crippen molar-refractivity contribution in [2.75, 3.05) is 26.2 Å². The summed E-state index contributed by atoms with van der Waals surface area (Å²) in [7, 11) is 0. The molecule has 1 fully saturated rings. The Morgan fingerprint density at radius 3 is 2.48 bits per heavy atom. The standard InChI is InChI=1S/C22H32N4O/c1-17-10-14-25(15-11-17)13-5-4-12-23-22(27)20-6-8-21(9-7-20)26-19(3)16-18(2)24-26/h6-9,16-17H,4-5,10-15H2,1-3H3,(H,23,27). The summed E-state index contributed by atoms with van der Waals surface area (Å²) in [6.07, 6.45) is 4.82. The maximum absolute atomic E-state index is 12.3. The van der Waals surface area contributed by atoms with Gasteiger partial charge in [-0.25, -0.2) is 4.68 Å². The Balaban J connectivity index is 1.40. The van der Waals surface area contributed by atoms with Crippen LogP contribution in [0.5, 0.6) is 0 Å². The van der Waals surface area contributed by atoms with E-state index >= 15 is 0 Å². The van der Waals surface area contributed by atoms with Crippen LogP contribution in [-0.4, -0.2) is 46.8 Å². The number of carbonyl (C=O) groups excluding carboxylic acids is 1. The molecule has 0 saturated carbocycles. The third-order valence-corrected chi connectivity index (χ3v) is 5.45. The number of rotatable bonds is 7. The summed E-state index contributed by atoms with van der Waals surface area (Å²) in [4.78, 5) is 14.9. The van der Waals surface area contributed by atoms with Gasteiger partial charge >= 0.3 is 0 Å². The molecule has 0 atom stereocenters. The van der Waals surface area contributed by atoms with Crippen LogP contribution >= 0.6 is 0 Å². The van der Waals surface area contributed by atoms with E-state index in [-0.39, 0.29) is 5.91 Å². The number of aryl methyl sites for hydroxylation is 2. The van der Waals surface area contributed by atoms with Crippen LogP contribution in [0.4, 0.5) is 0 Å². The summed E-state index contributed by atoms with van der Waals surface area (Å²) in [5.41, 5.74) is 3.76. The van der Waals surface area contributed by atoms with Crippen molar-refractivity contribution in [3.05, 3.63) is 47.3 Å². The van der Waals surface area contributed by atoms with Gasteiger partial charge < -0.3 is 10.2 Å². The first-order chi connectivity index (χ1) is 13.0. The smallest absolute Gasteiger partial charge is 0.251 e.